The van der Waals surface area contributed by atoms with Gasteiger partial charge in [-0.1, -0.05) is 30.3 Å². The molecule has 0 bridgehead atoms. The van der Waals surface area contributed by atoms with Gasteiger partial charge in [0, 0.05) is 0 Å². The molecule has 0 aliphatic rings. The number of hydrogen-bond acceptors (Lipinski definition) is 1. The second kappa shape index (κ2) is 2.91. The second-order valence-electron chi connectivity index (χ2n) is 3.09. The fraction of sp³-hybridized carbons (Fsp3) is 0.0833. The Morgan fingerprint density at radius 1 is 1.00 bits per heavy atom. The summed E-state index contributed by atoms with van der Waals surface area (Å²) < 4.78 is 0. The van der Waals surface area contributed by atoms with Crippen LogP contribution in [0.2, 0.25) is 0 Å². The van der Waals surface area contributed by atoms with Gasteiger partial charge in [0.15, 0.2) is 0 Å². The fourth-order valence-corrected chi connectivity index (χ4v) is 1.56. The van der Waals surface area contributed by atoms with Crippen LogP contribution in [0.15, 0.2) is 36.4 Å². The molecule has 0 atom stereocenters. The van der Waals surface area contributed by atoms with Crippen molar-refractivity contribution in [3.8, 4) is 6.07 Å². The summed E-state index contributed by atoms with van der Waals surface area (Å²) in [6.45, 7) is 2.06. The average molecular weight is 167 g/mol. The molecule has 1 nitrogen and oxygen atoms in total. The van der Waals surface area contributed by atoms with Crippen molar-refractivity contribution in [2.24, 2.45) is 0 Å². The molecular weight excluding hydrogens is 158 g/mol. The van der Waals surface area contributed by atoms with Gasteiger partial charge in [0.05, 0.1) is 11.6 Å². The molecule has 0 N–H and O–H groups in total. The van der Waals surface area contributed by atoms with E-state index in [2.05, 4.69) is 19.1 Å². The number of benzene rings is 2. The van der Waals surface area contributed by atoms with E-state index in [1.165, 1.54) is 10.9 Å². The average Bonchev–Trinajstić information content (AvgIpc) is 2.18. The molecule has 0 spiro atoms. The molecule has 0 saturated carbocycles. The molecular formula is C12H9N. The van der Waals surface area contributed by atoms with Gasteiger partial charge in [-0.25, -0.2) is 0 Å². The van der Waals surface area contributed by atoms with Crippen molar-refractivity contribution >= 4 is 10.8 Å². The quantitative estimate of drug-likeness (QED) is 0.591. The van der Waals surface area contributed by atoms with Crippen molar-refractivity contribution in [2.45, 2.75) is 6.92 Å². The van der Waals surface area contributed by atoms with Gasteiger partial charge in [0.1, 0.15) is 0 Å². The summed E-state index contributed by atoms with van der Waals surface area (Å²) in [5, 5.41) is 11.1. The van der Waals surface area contributed by atoms with E-state index >= 15 is 0 Å². The molecule has 2 aromatic rings. The molecule has 0 aliphatic carbocycles. The molecule has 1 heteroatoms. The van der Waals surface area contributed by atoms with E-state index < -0.39 is 0 Å². The minimum atomic E-state index is 0.751. The highest BCUT2D eigenvalue weighted by molar-refractivity contribution is 5.90. The van der Waals surface area contributed by atoms with Gasteiger partial charge < -0.3 is 0 Å². The minimum absolute atomic E-state index is 0.751. The van der Waals surface area contributed by atoms with Crippen molar-refractivity contribution in [1.29, 1.82) is 5.26 Å². The molecule has 0 aliphatic heterocycles. The smallest absolute Gasteiger partial charge is 0.0998 e. The topological polar surface area (TPSA) is 23.8 Å². The lowest BCUT2D eigenvalue weighted by Gasteiger charge is -2.01. The van der Waals surface area contributed by atoms with Gasteiger partial charge in [0.2, 0.25) is 0 Å². The van der Waals surface area contributed by atoms with Gasteiger partial charge in [-0.15, -0.1) is 0 Å². The van der Waals surface area contributed by atoms with Crippen LogP contribution < -0.4 is 0 Å². The Hall–Kier alpha value is -1.81. The number of fused-ring (bicyclic) bond motifs is 1. The third-order valence-corrected chi connectivity index (χ3v) is 2.26. The molecule has 2 aromatic carbocycles. The van der Waals surface area contributed by atoms with Crippen LogP contribution in [0.5, 0.6) is 0 Å². The maximum atomic E-state index is 8.88. The van der Waals surface area contributed by atoms with Gasteiger partial charge in [-0.05, 0) is 29.3 Å². The summed E-state index contributed by atoms with van der Waals surface area (Å²) in [6, 6.07) is 14.0. The number of rotatable bonds is 0. The van der Waals surface area contributed by atoms with E-state index in [0.29, 0.717) is 0 Å². The van der Waals surface area contributed by atoms with Gasteiger partial charge in [-0.2, -0.15) is 5.26 Å². The maximum Gasteiger partial charge on any atom is 0.0998 e. The molecule has 0 unspecified atom stereocenters. The van der Waals surface area contributed by atoms with Crippen molar-refractivity contribution in [1.82, 2.24) is 0 Å². The Bertz CT molecular complexity index is 492. The Morgan fingerprint density at radius 3 is 2.46 bits per heavy atom. The van der Waals surface area contributed by atoms with E-state index in [1.807, 2.05) is 30.3 Å². The third-order valence-electron chi connectivity index (χ3n) is 2.26. The van der Waals surface area contributed by atoms with E-state index in [0.717, 1.165) is 10.9 Å². The van der Waals surface area contributed by atoms with Gasteiger partial charge >= 0.3 is 0 Å². The molecule has 0 fully saturated rings. The summed E-state index contributed by atoms with van der Waals surface area (Å²) in [5.74, 6) is 0. The van der Waals surface area contributed by atoms with Crippen LogP contribution in [0.1, 0.15) is 11.1 Å². The first-order chi connectivity index (χ1) is 6.33. The largest absolute Gasteiger partial charge is 0.192 e. The summed E-state index contributed by atoms with van der Waals surface area (Å²) in [5.41, 5.74) is 1.97. The van der Waals surface area contributed by atoms with Crippen LogP contribution in [-0.2, 0) is 0 Å². The Morgan fingerprint density at radius 2 is 1.69 bits per heavy atom. The van der Waals surface area contributed by atoms with E-state index in [4.69, 9.17) is 5.26 Å². The highest BCUT2D eigenvalue weighted by Crippen LogP contribution is 2.20. The zero-order chi connectivity index (χ0) is 9.26. The van der Waals surface area contributed by atoms with Crippen molar-refractivity contribution < 1.29 is 0 Å². The zero-order valence-electron chi connectivity index (χ0n) is 7.41. The molecule has 2 rings (SSSR count). The first kappa shape index (κ1) is 7.82. The van der Waals surface area contributed by atoms with Gasteiger partial charge in [-0.3, -0.25) is 0 Å². The van der Waals surface area contributed by atoms with Crippen LogP contribution in [-0.4, -0.2) is 0 Å². The molecule has 0 radical (unpaired) electrons. The van der Waals surface area contributed by atoms with Crippen molar-refractivity contribution in [2.75, 3.05) is 0 Å². The third kappa shape index (κ3) is 1.17. The Labute approximate surface area is 77.2 Å². The van der Waals surface area contributed by atoms with Gasteiger partial charge in [0.25, 0.3) is 0 Å². The van der Waals surface area contributed by atoms with E-state index in [1.54, 1.807) is 0 Å². The Balaban J connectivity index is 2.94. The van der Waals surface area contributed by atoms with Crippen molar-refractivity contribution in [3.63, 3.8) is 0 Å². The van der Waals surface area contributed by atoms with Crippen LogP contribution in [0, 0.1) is 18.3 Å². The first-order valence-corrected chi connectivity index (χ1v) is 4.21. The van der Waals surface area contributed by atoms with Crippen LogP contribution in [0.3, 0.4) is 0 Å². The molecule has 0 amide bonds. The second-order valence-corrected chi connectivity index (χ2v) is 3.09. The first-order valence-electron chi connectivity index (χ1n) is 4.21. The Kier molecular flexibility index (Phi) is 1.75. The standard InChI is InChI=1S/C12H9N/c1-9-4-2-7-12-10(8-13)5-3-6-11(9)12/h2-7H,1H3. The summed E-state index contributed by atoms with van der Waals surface area (Å²) >= 11 is 0. The number of hydrogen-bond donors (Lipinski definition) is 0. The molecule has 62 valence electrons. The minimum Gasteiger partial charge on any atom is -0.192 e. The van der Waals surface area contributed by atoms with E-state index in [-0.39, 0.29) is 0 Å². The van der Waals surface area contributed by atoms with Crippen LogP contribution in [0.25, 0.3) is 10.8 Å². The van der Waals surface area contributed by atoms with E-state index in [9.17, 15) is 0 Å². The predicted molar refractivity (Wildman–Crippen MR) is 53.4 cm³/mol. The summed E-state index contributed by atoms with van der Waals surface area (Å²) in [4.78, 5) is 0. The van der Waals surface area contributed by atoms with Crippen molar-refractivity contribution in [3.05, 3.63) is 47.5 Å². The zero-order valence-corrected chi connectivity index (χ0v) is 7.41. The lowest BCUT2D eigenvalue weighted by molar-refractivity contribution is 1.49. The highest BCUT2D eigenvalue weighted by Gasteiger charge is 2.00. The molecule has 13 heavy (non-hydrogen) atoms. The lowest BCUT2D eigenvalue weighted by atomic mass is 10.0. The number of nitriles is 1. The number of nitrogens with zero attached hydrogens (tertiary/aromatic N) is 1. The monoisotopic (exact) mass is 167 g/mol. The lowest BCUT2D eigenvalue weighted by Crippen LogP contribution is -1.81. The summed E-state index contributed by atoms with van der Waals surface area (Å²) in [7, 11) is 0. The summed E-state index contributed by atoms with van der Waals surface area (Å²) in [6.07, 6.45) is 0. The molecule has 0 saturated heterocycles. The number of aryl methyl sites for hydroxylation is 1. The SMILES string of the molecule is Cc1cccc2c(C#N)cccc12. The molecule has 0 aromatic heterocycles. The normalized spacial score (nSPS) is 9.85. The predicted octanol–water partition coefficient (Wildman–Crippen LogP) is 3.02. The molecule has 0 heterocycles. The fourth-order valence-electron chi connectivity index (χ4n) is 1.56. The highest BCUT2D eigenvalue weighted by atomic mass is 14.2. The van der Waals surface area contributed by atoms with Crippen LogP contribution >= 0.6 is 0 Å². The maximum absolute atomic E-state index is 8.88. The van der Waals surface area contributed by atoms with Crippen LogP contribution in [0.4, 0.5) is 0 Å².